The van der Waals surface area contributed by atoms with Gasteiger partial charge in [-0.1, -0.05) is 12.1 Å². The van der Waals surface area contributed by atoms with Gasteiger partial charge in [0.25, 0.3) is 0 Å². The van der Waals surface area contributed by atoms with E-state index in [2.05, 4.69) is 10.6 Å². The molecule has 0 bridgehead atoms. The minimum absolute atomic E-state index is 0.0659. The first-order valence-corrected chi connectivity index (χ1v) is 6.80. The van der Waals surface area contributed by atoms with Crippen molar-refractivity contribution in [2.45, 2.75) is 26.3 Å². The summed E-state index contributed by atoms with van der Waals surface area (Å²) in [6, 6.07) is 6.38. The van der Waals surface area contributed by atoms with Crippen molar-refractivity contribution >= 4 is 23.4 Å². The fraction of sp³-hybridized carbons (Fsp3) is 0.400. The number of hydrogen-bond acceptors (Lipinski definition) is 3. The minimum atomic E-state index is -0.902. The van der Waals surface area contributed by atoms with Crippen molar-refractivity contribution in [3.63, 3.8) is 0 Å². The molecule has 6 heteroatoms. The Kier molecular flexibility index (Phi) is 3.97. The molecule has 112 valence electrons. The lowest BCUT2D eigenvalue weighted by Gasteiger charge is -2.40. The number of ketones is 1. The number of carbonyl (C=O) groups is 3. The number of nitrogens with one attached hydrogen (secondary N) is 2. The van der Waals surface area contributed by atoms with E-state index in [9.17, 15) is 14.4 Å². The van der Waals surface area contributed by atoms with E-state index in [1.165, 1.54) is 11.8 Å². The van der Waals surface area contributed by atoms with Crippen LogP contribution in [0.25, 0.3) is 0 Å². The lowest BCUT2D eigenvalue weighted by molar-refractivity contribution is -0.132. The second kappa shape index (κ2) is 5.55. The Morgan fingerprint density at radius 2 is 2.05 bits per heavy atom. The third-order valence-corrected chi connectivity index (χ3v) is 3.62. The second-order valence-electron chi connectivity index (χ2n) is 5.53. The van der Waals surface area contributed by atoms with Crippen molar-refractivity contribution in [1.82, 2.24) is 10.2 Å². The van der Waals surface area contributed by atoms with Gasteiger partial charge in [0, 0.05) is 24.3 Å². The molecule has 0 aromatic heterocycles. The van der Waals surface area contributed by atoms with E-state index in [0.717, 1.165) is 0 Å². The fourth-order valence-electron chi connectivity index (χ4n) is 2.26. The summed E-state index contributed by atoms with van der Waals surface area (Å²) in [6.45, 7) is 5.75. The molecule has 0 atom stereocenters. The van der Waals surface area contributed by atoms with Gasteiger partial charge in [-0.25, -0.2) is 4.79 Å². The van der Waals surface area contributed by atoms with E-state index in [1.807, 2.05) is 0 Å². The van der Waals surface area contributed by atoms with Gasteiger partial charge in [-0.15, -0.1) is 0 Å². The van der Waals surface area contributed by atoms with E-state index in [-0.39, 0.29) is 17.7 Å². The van der Waals surface area contributed by atoms with Crippen LogP contribution in [-0.2, 0) is 4.79 Å². The van der Waals surface area contributed by atoms with Crippen LogP contribution >= 0.6 is 0 Å². The molecule has 2 N–H and O–H groups in total. The smallest absolute Gasteiger partial charge is 0.322 e. The topological polar surface area (TPSA) is 78.5 Å². The molecular formula is C15H19N3O3. The number of amides is 3. The predicted octanol–water partition coefficient (Wildman–Crippen LogP) is 1.63. The molecule has 21 heavy (non-hydrogen) atoms. The molecule has 0 spiro atoms. The van der Waals surface area contributed by atoms with Crippen molar-refractivity contribution in [2.75, 3.05) is 18.4 Å². The number of rotatable bonds is 2. The summed E-state index contributed by atoms with van der Waals surface area (Å²) in [5.74, 6) is -0.245. The van der Waals surface area contributed by atoms with E-state index < -0.39 is 5.54 Å². The van der Waals surface area contributed by atoms with Crippen molar-refractivity contribution < 1.29 is 14.4 Å². The molecule has 1 aromatic carbocycles. The number of anilines is 1. The zero-order valence-electron chi connectivity index (χ0n) is 12.4. The second-order valence-corrected chi connectivity index (χ2v) is 5.53. The number of nitrogens with zero attached hydrogens (tertiary/aromatic N) is 1. The zero-order valence-corrected chi connectivity index (χ0v) is 12.4. The van der Waals surface area contributed by atoms with Gasteiger partial charge in [-0.3, -0.25) is 9.59 Å². The number of hydrogen-bond donors (Lipinski definition) is 2. The Bertz CT molecular complexity index is 596. The average Bonchev–Trinajstić information content (AvgIpc) is 2.42. The van der Waals surface area contributed by atoms with Gasteiger partial charge >= 0.3 is 6.03 Å². The molecule has 0 unspecified atom stereocenters. The van der Waals surface area contributed by atoms with Gasteiger partial charge in [0.15, 0.2) is 5.78 Å². The van der Waals surface area contributed by atoms with Crippen LogP contribution in [0.2, 0.25) is 0 Å². The van der Waals surface area contributed by atoms with Gasteiger partial charge in [-0.2, -0.15) is 0 Å². The van der Waals surface area contributed by atoms with E-state index in [4.69, 9.17) is 0 Å². The maximum Gasteiger partial charge on any atom is 0.322 e. The molecule has 1 heterocycles. The molecule has 1 fully saturated rings. The molecule has 1 aliphatic heterocycles. The molecule has 2 rings (SSSR count). The summed E-state index contributed by atoms with van der Waals surface area (Å²) in [4.78, 5) is 37.1. The van der Waals surface area contributed by atoms with E-state index in [1.54, 1.807) is 38.1 Å². The predicted molar refractivity (Wildman–Crippen MR) is 79.3 cm³/mol. The molecule has 1 saturated heterocycles. The van der Waals surface area contributed by atoms with Gasteiger partial charge in [-0.05, 0) is 32.9 Å². The highest BCUT2D eigenvalue weighted by molar-refractivity contribution is 5.98. The van der Waals surface area contributed by atoms with Crippen LogP contribution in [0, 0.1) is 0 Å². The maximum atomic E-state index is 12.4. The van der Waals surface area contributed by atoms with Crippen LogP contribution in [-0.4, -0.2) is 41.2 Å². The molecule has 0 radical (unpaired) electrons. The first-order chi connectivity index (χ1) is 9.82. The number of benzene rings is 1. The Labute approximate surface area is 123 Å². The Morgan fingerprint density at radius 3 is 2.71 bits per heavy atom. The van der Waals surface area contributed by atoms with Crippen LogP contribution in [0.4, 0.5) is 10.5 Å². The first-order valence-electron chi connectivity index (χ1n) is 6.80. The van der Waals surface area contributed by atoms with Crippen LogP contribution in [0.5, 0.6) is 0 Å². The summed E-state index contributed by atoms with van der Waals surface area (Å²) in [5.41, 5.74) is 0.165. The molecular weight excluding hydrogens is 270 g/mol. The van der Waals surface area contributed by atoms with Crippen molar-refractivity contribution in [2.24, 2.45) is 0 Å². The van der Waals surface area contributed by atoms with E-state index >= 15 is 0 Å². The quantitative estimate of drug-likeness (QED) is 0.812. The summed E-state index contributed by atoms with van der Waals surface area (Å²) in [7, 11) is 0. The summed E-state index contributed by atoms with van der Waals surface area (Å²) < 4.78 is 0. The molecule has 6 nitrogen and oxygen atoms in total. The van der Waals surface area contributed by atoms with Gasteiger partial charge in [0.2, 0.25) is 5.91 Å². The number of urea groups is 1. The normalized spacial score (nSPS) is 17.1. The van der Waals surface area contributed by atoms with Crippen LogP contribution in [0.3, 0.4) is 0 Å². The summed E-state index contributed by atoms with van der Waals surface area (Å²) >= 11 is 0. The largest absolute Gasteiger partial charge is 0.352 e. The minimum Gasteiger partial charge on any atom is -0.352 e. The molecule has 3 amide bonds. The van der Waals surface area contributed by atoms with Crippen LogP contribution < -0.4 is 10.6 Å². The number of Topliss-reactive ketones (excluding diaryl/α,β-unsaturated/α-hetero) is 1. The molecule has 1 aliphatic rings. The summed E-state index contributed by atoms with van der Waals surface area (Å²) in [5, 5.41) is 5.48. The highest BCUT2D eigenvalue weighted by Gasteiger charge is 2.40. The van der Waals surface area contributed by atoms with Crippen molar-refractivity contribution in [3.8, 4) is 0 Å². The van der Waals surface area contributed by atoms with Crippen LogP contribution in [0.1, 0.15) is 31.1 Å². The Morgan fingerprint density at radius 1 is 1.33 bits per heavy atom. The Hall–Kier alpha value is -2.37. The van der Waals surface area contributed by atoms with Crippen molar-refractivity contribution in [3.05, 3.63) is 29.8 Å². The maximum absolute atomic E-state index is 12.4. The van der Waals surface area contributed by atoms with E-state index in [0.29, 0.717) is 24.3 Å². The molecule has 0 saturated carbocycles. The van der Waals surface area contributed by atoms with Gasteiger partial charge in [0.05, 0.1) is 0 Å². The Balaban J connectivity index is 2.16. The first kappa shape index (κ1) is 15.0. The van der Waals surface area contributed by atoms with Crippen molar-refractivity contribution in [1.29, 1.82) is 0 Å². The summed E-state index contributed by atoms with van der Waals surface area (Å²) in [6.07, 6.45) is 0. The number of carbonyl (C=O) groups excluding carboxylic acids is 3. The third-order valence-electron chi connectivity index (χ3n) is 3.62. The van der Waals surface area contributed by atoms with Gasteiger partial charge < -0.3 is 15.5 Å². The lowest BCUT2D eigenvalue weighted by atomic mass is 9.99. The monoisotopic (exact) mass is 289 g/mol. The highest BCUT2D eigenvalue weighted by Crippen LogP contribution is 2.20. The standard InChI is InChI=1S/C15H19N3O3/c1-10(19)11-5-4-6-12(9-11)17-14(21)18-8-7-16-13(20)15(18,2)3/h4-6,9H,7-8H2,1-3H3,(H,16,20)(H,17,21). The average molecular weight is 289 g/mol. The van der Waals surface area contributed by atoms with Crippen LogP contribution in [0.15, 0.2) is 24.3 Å². The highest BCUT2D eigenvalue weighted by atomic mass is 16.2. The zero-order chi connectivity index (χ0) is 15.6. The lowest BCUT2D eigenvalue weighted by Crippen LogP contribution is -2.64. The SMILES string of the molecule is CC(=O)c1cccc(NC(=O)N2CCNC(=O)C2(C)C)c1. The fourth-order valence-corrected chi connectivity index (χ4v) is 2.26. The number of piperazine rings is 1. The molecule has 1 aromatic rings. The molecule has 0 aliphatic carbocycles. The van der Waals surface area contributed by atoms with Gasteiger partial charge in [0.1, 0.15) is 5.54 Å². The third kappa shape index (κ3) is 3.04.